The summed E-state index contributed by atoms with van der Waals surface area (Å²) in [6.07, 6.45) is -0.282. The summed E-state index contributed by atoms with van der Waals surface area (Å²) in [5, 5.41) is 21.2. The number of aromatic hydroxyl groups is 1. The van der Waals surface area contributed by atoms with Crippen LogP contribution in [0.5, 0.6) is 5.75 Å². The monoisotopic (exact) mass is 349 g/mol. The number of nitrogens with zero attached hydrogens (tertiary/aromatic N) is 1. The molecule has 2 heterocycles. The van der Waals surface area contributed by atoms with E-state index in [0.29, 0.717) is 27.0 Å². The molecule has 0 amide bonds. The van der Waals surface area contributed by atoms with Gasteiger partial charge < -0.3 is 10.2 Å². The highest BCUT2D eigenvalue weighted by Gasteiger charge is 2.24. The highest BCUT2D eigenvalue weighted by molar-refractivity contribution is 7.12. The van der Waals surface area contributed by atoms with Gasteiger partial charge in [0.1, 0.15) is 5.75 Å². The number of hydrogen-bond donors (Lipinski definition) is 2. The second-order valence-electron chi connectivity index (χ2n) is 5.05. The van der Waals surface area contributed by atoms with Crippen LogP contribution in [0, 0.1) is 6.92 Å². The summed E-state index contributed by atoms with van der Waals surface area (Å²) in [4.78, 5) is 24.5. The number of hydrogen-bond acceptors (Lipinski definition) is 4. The second-order valence-corrected chi connectivity index (χ2v) is 6.37. The van der Waals surface area contributed by atoms with Gasteiger partial charge in [-0.25, -0.2) is 0 Å². The number of rotatable bonds is 3. The van der Waals surface area contributed by atoms with Crippen molar-refractivity contribution in [1.29, 1.82) is 0 Å². The molecule has 0 saturated heterocycles. The van der Waals surface area contributed by atoms with Crippen LogP contribution in [-0.2, 0) is 11.2 Å². The topological polar surface area (TPSA) is 79.5 Å². The summed E-state index contributed by atoms with van der Waals surface area (Å²) in [7, 11) is 0. The van der Waals surface area contributed by atoms with Crippen molar-refractivity contribution in [3.05, 3.63) is 50.8 Å². The van der Waals surface area contributed by atoms with Crippen molar-refractivity contribution < 1.29 is 19.8 Å². The maximum Gasteiger partial charge on any atom is 0.307 e. The number of carbonyl (C=O) groups is 2. The summed E-state index contributed by atoms with van der Waals surface area (Å²) in [5.41, 5.74) is 1.42. The van der Waals surface area contributed by atoms with Gasteiger partial charge in [-0.05, 0) is 36.1 Å². The molecular weight excluding hydrogens is 338 g/mol. The Kier molecular flexibility index (Phi) is 3.87. The number of carboxylic acid groups (broad SMARTS) is 1. The lowest BCUT2D eigenvalue weighted by Crippen LogP contribution is -2.12. The molecule has 0 aliphatic rings. The Hall–Kier alpha value is -2.31. The smallest absolute Gasteiger partial charge is 0.307 e. The molecule has 0 fully saturated rings. The van der Waals surface area contributed by atoms with Gasteiger partial charge in [0.25, 0.3) is 5.91 Å². The number of benzene rings is 1. The molecule has 23 heavy (non-hydrogen) atoms. The van der Waals surface area contributed by atoms with Crippen LogP contribution in [0.1, 0.15) is 20.9 Å². The number of fused-ring (bicyclic) bond motifs is 1. The fourth-order valence-corrected chi connectivity index (χ4v) is 3.59. The van der Waals surface area contributed by atoms with E-state index in [0.717, 1.165) is 0 Å². The molecule has 2 N–H and O–H groups in total. The maximum atomic E-state index is 12.8. The molecule has 1 aromatic carbocycles. The van der Waals surface area contributed by atoms with Crippen LogP contribution in [0.3, 0.4) is 0 Å². The van der Waals surface area contributed by atoms with E-state index in [2.05, 4.69) is 0 Å². The first-order valence-electron chi connectivity index (χ1n) is 6.73. The number of aromatic nitrogens is 1. The molecule has 3 rings (SSSR count). The molecule has 0 radical (unpaired) electrons. The van der Waals surface area contributed by atoms with Crippen LogP contribution in [0.25, 0.3) is 10.9 Å². The lowest BCUT2D eigenvalue weighted by Gasteiger charge is -2.05. The van der Waals surface area contributed by atoms with Gasteiger partial charge in [-0.3, -0.25) is 14.2 Å². The zero-order chi connectivity index (χ0) is 16.7. The van der Waals surface area contributed by atoms with Gasteiger partial charge in [0.05, 0.1) is 21.8 Å². The van der Waals surface area contributed by atoms with Crippen molar-refractivity contribution in [2.45, 2.75) is 13.3 Å². The number of thiophene rings is 1. The van der Waals surface area contributed by atoms with Crippen molar-refractivity contribution in [1.82, 2.24) is 4.57 Å². The van der Waals surface area contributed by atoms with Gasteiger partial charge in [0, 0.05) is 11.1 Å². The molecule has 118 valence electrons. The van der Waals surface area contributed by atoms with Crippen molar-refractivity contribution in [3.8, 4) is 5.75 Å². The van der Waals surface area contributed by atoms with Crippen molar-refractivity contribution in [2.75, 3.05) is 0 Å². The third kappa shape index (κ3) is 2.50. The van der Waals surface area contributed by atoms with Crippen LogP contribution < -0.4 is 0 Å². The lowest BCUT2D eigenvalue weighted by molar-refractivity contribution is -0.136. The number of halogens is 1. The van der Waals surface area contributed by atoms with Gasteiger partial charge in [-0.15, -0.1) is 11.3 Å². The van der Waals surface area contributed by atoms with Gasteiger partial charge in [-0.2, -0.15) is 0 Å². The predicted octanol–water partition coefficient (Wildman–Crippen LogP) is 3.69. The van der Waals surface area contributed by atoms with E-state index in [1.807, 2.05) is 0 Å². The molecule has 0 unspecified atom stereocenters. The van der Waals surface area contributed by atoms with E-state index in [1.165, 1.54) is 22.0 Å². The molecule has 0 aliphatic carbocycles. The van der Waals surface area contributed by atoms with Crippen LogP contribution in [-0.4, -0.2) is 26.7 Å². The van der Waals surface area contributed by atoms with Crippen LogP contribution >= 0.6 is 22.9 Å². The fourth-order valence-electron chi connectivity index (χ4n) is 2.66. The first kappa shape index (κ1) is 15.6. The zero-order valence-electron chi connectivity index (χ0n) is 12.0. The second kappa shape index (κ2) is 5.72. The van der Waals surface area contributed by atoms with Crippen LogP contribution in [0.4, 0.5) is 0 Å². The van der Waals surface area contributed by atoms with Gasteiger partial charge >= 0.3 is 5.97 Å². The Balaban J connectivity index is 2.35. The molecule has 0 aliphatic heterocycles. The third-order valence-corrected chi connectivity index (χ3v) is 4.92. The van der Waals surface area contributed by atoms with E-state index in [-0.39, 0.29) is 23.1 Å². The van der Waals surface area contributed by atoms with Gasteiger partial charge in [0.15, 0.2) is 0 Å². The maximum absolute atomic E-state index is 12.8. The molecule has 7 heteroatoms. The third-order valence-electron chi connectivity index (χ3n) is 3.68. The van der Waals surface area contributed by atoms with Crippen molar-refractivity contribution >= 4 is 45.7 Å². The highest BCUT2D eigenvalue weighted by atomic mass is 35.5. The largest absolute Gasteiger partial charge is 0.506 e. The zero-order valence-corrected chi connectivity index (χ0v) is 13.6. The Bertz CT molecular complexity index is 928. The Morgan fingerprint density at radius 1 is 1.30 bits per heavy atom. The Morgan fingerprint density at radius 3 is 2.65 bits per heavy atom. The average Bonchev–Trinajstić information content (AvgIpc) is 3.10. The number of carboxylic acids is 1. The number of carbonyl (C=O) groups excluding carboxylic acids is 1. The molecule has 5 nitrogen and oxygen atoms in total. The van der Waals surface area contributed by atoms with Gasteiger partial charge in [0.2, 0.25) is 0 Å². The molecular formula is C16H12ClNO4S. The highest BCUT2D eigenvalue weighted by Crippen LogP contribution is 2.38. The molecule has 3 aromatic rings. The minimum atomic E-state index is -1.03. The molecule has 0 atom stereocenters. The van der Waals surface area contributed by atoms with Crippen molar-refractivity contribution in [3.63, 3.8) is 0 Å². The standard InChI is InChI=1S/C16H12ClNO4S/c1-8-9(7-13(20)21)14-10(4-5-11(19)15(14)17)18(8)16(22)12-3-2-6-23-12/h2-6,19H,7H2,1H3,(H,20,21). The Morgan fingerprint density at radius 2 is 2.04 bits per heavy atom. The van der Waals surface area contributed by atoms with E-state index in [1.54, 1.807) is 30.5 Å². The SMILES string of the molecule is Cc1c(CC(=O)O)c2c(Cl)c(O)ccc2n1C(=O)c1cccs1. The fraction of sp³-hybridized carbons (Fsp3) is 0.125. The average molecular weight is 350 g/mol. The quantitative estimate of drug-likeness (QED) is 0.755. The van der Waals surface area contributed by atoms with Gasteiger partial charge in [-0.1, -0.05) is 17.7 Å². The minimum absolute atomic E-state index is 0.0552. The number of phenols is 1. The van der Waals surface area contributed by atoms with Crippen molar-refractivity contribution in [2.24, 2.45) is 0 Å². The van der Waals surface area contributed by atoms with E-state index >= 15 is 0 Å². The molecule has 0 spiro atoms. The van der Waals surface area contributed by atoms with Crippen LogP contribution in [0.2, 0.25) is 5.02 Å². The summed E-state index contributed by atoms with van der Waals surface area (Å²) in [6.45, 7) is 1.68. The molecule has 2 aromatic heterocycles. The van der Waals surface area contributed by atoms with E-state index in [9.17, 15) is 14.7 Å². The summed E-state index contributed by atoms with van der Waals surface area (Å²) in [6, 6.07) is 6.44. The summed E-state index contributed by atoms with van der Waals surface area (Å²) < 4.78 is 1.45. The summed E-state index contributed by atoms with van der Waals surface area (Å²) >= 11 is 7.47. The summed E-state index contributed by atoms with van der Waals surface area (Å²) in [5.74, 6) is -1.43. The van der Waals surface area contributed by atoms with Crippen LogP contribution in [0.15, 0.2) is 29.6 Å². The number of aliphatic carboxylic acids is 1. The predicted molar refractivity (Wildman–Crippen MR) is 88.7 cm³/mol. The molecule has 0 saturated carbocycles. The van der Waals surface area contributed by atoms with E-state index in [4.69, 9.17) is 16.7 Å². The molecule has 0 bridgehead atoms. The minimum Gasteiger partial charge on any atom is -0.506 e. The normalized spacial score (nSPS) is 11.0. The first-order valence-corrected chi connectivity index (χ1v) is 7.99. The Labute approximate surface area is 140 Å². The first-order chi connectivity index (χ1) is 10.9. The van der Waals surface area contributed by atoms with E-state index < -0.39 is 5.97 Å². The lowest BCUT2D eigenvalue weighted by atomic mass is 10.1. The number of phenolic OH excluding ortho intramolecular Hbond substituents is 1.